The van der Waals surface area contributed by atoms with Gasteiger partial charge in [0.05, 0.1) is 0 Å². The number of hydrogen-bond acceptors (Lipinski definition) is 4. The number of piperazine rings is 1. The van der Waals surface area contributed by atoms with E-state index in [1.165, 1.54) is 18.2 Å². The number of ether oxygens (including phenoxy) is 2. The molecule has 0 aliphatic carbocycles. The molecule has 7 heteroatoms. The second kappa shape index (κ2) is 8.29. The van der Waals surface area contributed by atoms with Crippen LogP contribution in [-0.2, 0) is 14.3 Å². The zero-order valence-corrected chi connectivity index (χ0v) is 14.2. The molecule has 0 atom stereocenters. The molecule has 25 heavy (non-hydrogen) atoms. The van der Waals surface area contributed by atoms with Crippen molar-refractivity contribution in [1.29, 1.82) is 0 Å². The maximum absolute atomic E-state index is 13.1. The molecule has 6 nitrogen and oxygen atoms in total. The van der Waals surface area contributed by atoms with E-state index in [1.54, 1.807) is 11.0 Å². The third-order valence-electron chi connectivity index (χ3n) is 4.67. The zero-order chi connectivity index (χ0) is 17.6. The van der Waals surface area contributed by atoms with Gasteiger partial charge in [-0.3, -0.25) is 9.59 Å². The van der Waals surface area contributed by atoms with E-state index in [0.29, 0.717) is 45.1 Å². The van der Waals surface area contributed by atoms with E-state index in [0.717, 1.165) is 12.8 Å². The number of rotatable bonds is 4. The van der Waals surface area contributed by atoms with Crippen molar-refractivity contribution in [2.75, 3.05) is 46.0 Å². The first-order valence-electron chi connectivity index (χ1n) is 8.66. The van der Waals surface area contributed by atoms with Crippen molar-refractivity contribution in [1.82, 2.24) is 9.80 Å². The number of halogens is 1. The molecule has 2 aliphatic heterocycles. The van der Waals surface area contributed by atoms with Gasteiger partial charge in [0.1, 0.15) is 11.6 Å². The quantitative estimate of drug-likeness (QED) is 0.821. The van der Waals surface area contributed by atoms with Crippen molar-refractivity contribution in [3.05, 3.63) is 30.1 Å². The molecule has 2 aliphatic rings. The van der Waals surface area contributed by atoms with Crippen LogP contribution < -0.4 is 4.74 Å². The van der Waals surface area contributed by atoms with Crippen LogP contribution in [-0.4, -0.2) is 67.6 Å². The zero-order valence-electron chi connectivity index (χ0n) is 14.2. The van der Waals surface area contributed by atoms with Crippen LogP contribution in [0.25, 0.3) is 0 Å². The second-order valence-electron chi connectivity index (χ2n) is 6.34. The molecule has 0 bridgehead atoms. The van der Waals surface area contributed by atoms with Gasteiger partial charge in [-0.15, -0.1) is 0 Å². The Balaban J connectivity index is 1.43. The van der Waals surface area contributed by atoms with E-state index < -0.39 is 5.82 Å². The molecular formula is C18H23FN2O4. The molecule has 136 valence electrons. The summed E-state index contributed by atoms with van der Waals surface area (Å²) in [6.45, 7) is 3.25. The molecule has 0 spiro atoms. The summed E-state index contributed by atoms with van der Waals surface area (Å²) in [5.41, 5.74) is 0. The van der Waals surface area contributed by atoms with Crippen LogP contribution in [0.2, 0.25) is 0 Å². The van der Waals surface area contributed by atoms with Gasteiger partial charge in [-0.2, -0.15) is 0 Å². The standard InChI is InChI=1S/C18H23FN2O4/c19-15-2-1-3-16(12-15)25-13-17(22)20-6-8-21(9-7-20)18(23)14-4-10-24-11-5-14/h1-3,12,14H,4-11,13H2. The van der Waals surface area contributed by atoms with E-state index in [2.05, 4.69) is 0 Å². The van der Waals surface area contributed by atoms with E-state index >= 15 is 0 Å². The van der Waals surface area contributed by atoms with Crippen LogP contribution >= 0.6 is 0 Å². The average molecular weight is 350 g/mol. The van der Waals surface area contributed by atoms with Crippen LogP contribution in [0.15, 0.2) is 24.3 Å². The summed E-state index contributed by atoms with van der Waals surface area (Å²) < 4.78 is 23.7. The third-order valence-corrected chi connectivity index (χ3v) is 4.67. The van der Waals surface area contributed by atoms with Gasteiger partial charge in [-0.05, 0) is 25.0 Å². The minimum atomic E-state index is -0.398. The number of carbonyl (C=O) groups excluding carboxylic acids is 2. The lowest BCUT2D eigenvalue weighted by molar-refractivity contribution is -0.144. The van der Waals surface area contributed by atoms with Gasteiger partial charge in [-0.25, -0.2) is 4.39 Å². The normalized spacial score (nSPS) is 18.9. The monoisotopic (exact) mass is 350 g/mol. The fourth-order valence-corrected chi connectivity index (χ4v) is 3.17. The first-order valence-corrected chi connectivity index (χ1v) is 8.66. The highest BCUT2D eigenvalue weighted by atomic mass is 19.1. The van der Waals surface area contributed by atoms with E-state index in [4.69, 9.17) is 9.47 Å². The van der Waals surface area contributed by atoms with Gasteiger partial charge < -0.3 is 19.3 Å². The number of hydrogen-bond donors (Lipinski definition) is 0. The Morgan fingerprint density at radius 2 is 1.80 bits per heavy atom. The van der Waals surface area contributed by atoms with E-state index in [1.807, 2.05) is 4.90 Å². The number of nitrogens with zero attached hydrogens (tertiary/aromatic N) is 2. The Bertz CT molecular complexity index is 611. The predicted octanol–water partition coefficient (Wildman–Crippen LogP) is 1.30. The lowest BCUT2D eigenvalue weighted by atomic mass is 9.98. The highest BCUT2D eigenvalue weighted by molar-refractivity contribution is 5.80. The van der Waals surface area contributed by atoms with Gasteiger partial charge in [0.25, 0.3) is 5.91 Å². The summed E-state index contributed by atoms with van der Waals surface area (Å²) in [6.07, 6.45) is 1.55. The summed E-state index contributed by atoms with van der Waals surface area (Å²) in [6, 6.07) is 5.72. The summed E-state index contributed by atoms with van der Waals surface area (Å²) in [5, 5.41) is 0. The highest BCUT2D eigenvalue weighted by Crippen LogP contribution is 2.19. The number of benzene rings is 1. The average Bonchev–Trinajstić information content (AvgIpc) is 2.66. The third kappa shape index (κ3) is 4.69. The minimum Gasteiger partial charge on any atom is -0.484 e. The largest absolute Gasteiger partial charge is 0.484 e. The summed E-state index contributed by atoms with van der Waals surface area (Å²) in [4.78, 5) is 28.2. The van der Waals surface area contributed by atoms with E-state index in [9.17, 15) is 14.0 Å². The minimum absolute atomic E-state index is 0.0484. The Morgan fingerprint density at radius 3 is 2.48 bits per heavy atom. The Morgan fingerprint density at radius 1 is 1.12 bits per heavy atom. The molecule has 1 aromatic carbocycles. The van der Waals surface area contributed by atoms with E-state index in [-0.39, 0.29) is 24.3 Å². The van der Waals surface area contributed by atoms with Gasteiger partial charge in [0.15, 0.2) is 6.61 Å². The fourth-order valence-electron chi connectivity index (χ4n) is 3.17. The molecule has 1 aromatic rings. The topological polar surface area (TPSA) is 59.1 Å². The molecule has 0 radical (unpaired) electrons. The molecule has 0 aromatic heterocycles. The lowest BCUT2D eigenvalue weighted by Gasteiger charge is -2.37. The Kier molecular flexibility index (Phi) is 5.86. The van der Waals surface area contributed by atoms with Gasteiger partial charge >= 0.3 is 0 Å². The first-order chi connectivity index (χ1) is 12.1. The van der Waals surface area contributed by atoms with Gasteiger partial charge in [0.2, 0.25) is 5.91 Å². The maximum Gasteiger partial charge on any atom is 0.260 e. The molecule has 0 saturated carbocycles. The first kappa shape index (κ1) is 17.7. The van der Waals surface area contributed by atoms with Crippen LogP contribution in [0, 0.1) is 11.7 Å². The Hall–Kier alpha value is -2.15. The van der Waals surface area contributed by atoms with Crippen molar-refractivity contribution in [3.63, 3.8) is 0 Å². The summed E-state index contributed by atoms with van der Waals surface area (Å²) >= 11 is 0. The molecule has 0 N–H and O–H groups in total. The van der Waals surface area contributed by atoms with Crippen molar-refractivity contribution in [2.24, 2.45) is 5.92 Å². The SMILES string of the molecule is O=C(COc1cccc(F)c1)N1CCN(C(=O)C2CCOCC2)CC1. The van der Waals surface area contributed by atoms with Crippen LogP contribution in [0.4, 0.5) is 4.39 Å². The van der Waals surface area contributed by atoms with Crippen LogP contribution in [0.1, 0.15) is 12.8 Å². The molecule has 2 saturated heterocycles. The van der Waals surface area contributed by atoms with Gasteiger partial charge in [0, 0.05) is 51.4 Å². The summed E-state index contributed by atoms with van der Waals surface area (Å²) in [7, 11) is 0. The lowest BCUT2D eigenvalue weighted by Crippen LogP contribution is -2.53. The van der Waals surface area contributed by atoms with Crippen LogP contribution in [0.5, 0.6) is 5.75 Å². The molecule has 0 unspecified atom stereocenters. The van der Waals surface area contributed by atoms with Crippen LogP contribution in [0.3, 0.4) is 0 Å². The summed E-state index contributed by atoms with van der Waals surface area (Å²) in [5.74, 6) is 0.00742. The molecule has 2 heterocycles. The molecule has 2 fully saturated rings. The smallest absolute Gasteiger partial charge is 0.260 e. The van der Waals surface area contributed by atoms with Crippen molar-refractivity contribution in [2.45, 2.75) is 12.8 Å². The molecule has 2 amide bonds. The molecular weight excluding hydrogens is 327 g/mol. The number of amides is 2. The molecule has 3 rings (SSSR count). The predicted molar refractivity (Wildman–Crippen MR) is 88.6 cm³/mol. The van der Waals surface area contributed by atoms with Crippen molar-refractivity contribution >= 4 is 11.8 Å². The fraction of sp³-hybridized carbons (Fsp3) is 0.556. The van der Waals surface area contributed by atoms with Crippen molar-refractivity contribution in [3.8, 4) is 5.75 Å². The second-order valence-corrected chi connectivity index (χ2v) is 6.34. The van der Waals surface area contributed by atoms with Crippen molar-refractivity contribution < 1.29 is 23.5 Å². The Labute approximate surface area is 146 Å². The number of carbonyl (C=O) groups is 2. The maximum atomic E-state index is 13.1. The highest BCUT2D eigenvalue weighted by Gasteiger charge is 2.29. The van der Waals surface area contributed by atoms with Gasteiger partial charge in [-0.1, -0.05) is 6.07 Å².